The Hall–Kier alpha value is -1.41. The molecule has 1 aromatic carbocycles. The average Bonchev–Trinajstić information content (AvgIpc) is 2.88. The third-order valence-electron chi connectivity index (χ3n) is 2.84. The predicted molar refractivity (Wildman–Crippen MR) is 74.5 cm³/mol. The zero-order valence-corrected chi connectivity index (χ0v) is 12.9. The Labute approximate surface area is 127 Å². The van der Waals surface area contributed by atoms with Crippen LogP contribution in [0, 0.1) is 0 Å². The van der Waals surface area contributed by atoms with Crippen LogP contribution in [0.25, 0.3) is 11.5 Å². The van der Waals surface area contributed by atoms with Gasteiger partial charge in [0.05, 0.1) is 11.6 Å². The summed E-state index contributed by atoms with van der Waals surface area (Å²) in [4.78, 5) is 0. The van der Waals surface area contributed by atoms with E-state index in [2.05, 4.69) is 31.4 Å². The SMILES string of the molecule is CCNC(C)c1nnc(-c2ccc(Br)c(C(F)(F)F)c2)o1. The number of hydrogen-bond acceptors (Lipinski definition) is 4. The number of nitrogens with one attached hydrogen (secondary N) is 1. The average molecular weight is 364 g/mol. The van der Waals surface area contributed by atoms with Crippen molar-refractivity contribution in [3.8, 4) is 11.5 Å². The molecule has 0 aliphatic carbocycles. The first-order valence-corrected chi connectivity index (χ1v) is 7.06. The Morgan fingerprint density at radius 1 is 1.33 bits per heavy atom. The lowest BCUT2D eigenvalue weighted by molar-refractivity contribution is -0.138. The molecule has 4 nitrogen and oxygen atoms in total. The lowest BCUT2D eigenvalue weighted by Gasteiger charge is -2.09. The molecule has 0 saturated carbocycles. The van der Waals surface area contributed by atoms with Crippen molar-refractivity contribution in [1.29, 1.82) is 0 Å². The summed E-state index contributed by atoms with van der Waals surface area (Å²) >= 11 is 2.89. The van der Waals surface area contributed by atoms with Crippen LogP contribution in [-0.2, 0) is 6.18 Å². The zero-order valence-electron chi connectivity index (χ0n) is 11.3. The molecule has 1 atom stereocenters. The Kier molecular flexibility index (Phi) is 4.67. The van der Waals surface area contributed by atoms with Gasteiger partial charge in [0.25, 0.3) is 0 Å². The molecule has 114 valence electrons. The smallest absolute Gasteiger partial charge is 0.417 e. The van der Waals surface area contributed by atoms with Gasteiger partial charge in [0.2, 0.25) is 11.8 Å². The second-order valence-electron chi connectivity index (χ2n) is 4.42. The van der Waals surface area contributed by atoms with Crippen LogP contribution in [0.3, 0.4) is 0 Å². The molecule has 0 bridgehead atoms. The van der Waals surface area contributed by atoms with Crippen molar-refractivity contribution in [2.75, 3.05) is 6.54 Å². The van der Waals surface area contributed by atoms with Crippen molar-refractivity contribution >= 4 is 15.9 Å². The summed E-state index contributed by atoms with van der Waals surface area (Å²) in [6.07, 6.45) is -4.45. The van der Waals surface area contributed by atoms with E-state index in [1.165, 1.54) is 12.1 Å². The van der Waals surface area contributed by atoms with E-state index in [9.17, 15) is 13.2 Å². The Morgan fingerprint density at radius 3 is 2.67 bits per heavy atom. The highest BCUT2D eigenvalue weighted by Crippen LogP contribution is 2.37. The molecule has 2 aromatic rings. The molecule has 1 unspecified atom stereocenters. The molecule has 21 heavy (non-hydrogen) atoms. The van der Waals surface area contributed by atoms with Crippen LogP contribution in [0.5, 0.6) is 0 Å². The van der Waals surface area contributed by atoms with Crippen LogP contribution in [-0.4, -0.2) is 16.7 Å². The number of alkyl halides is 3. The van der Waals surface area contributed by atoms with Crippen LogP contribution in [0.1, 0.15) is 31.3 Å². The summed E-state index contributed by atoms with van der Waals surface area (Å²) in [5.41, 5.74) is -0.549. The van der Waals surface area contributed by atoms with E-state index in [1.807, 2.05) is 13.8 Å². The van der Waals surface area contributed by atoms with Crippen molar-refractivity contribution in [1.82, 2.24) is 15.5 Å². The number of benzene rings is 1. The highest BCUT2D eigenvalue weighted by molar-refractivity contribution is 9.10. The Bertz CT molecular complexity index is 627. The van der Waals surface area contributed by atoms with E-state index >= 15 is 0 Å². The van der Waals surface area contributed by atoms with Crippen molar-refractivity contribution in [3.63, 3.8) is 0 Å². The first-order valence-electron chi connectivity index (χ1n) is 6.26. The van der Waals surface area contributed by atoms with Gasteiger partial charge in [-0.25, -0.2) is 0 Å². The number of hydrogen-bond donors (Lipinski definition) is 1. The third-order valence-corrected chi connectivity index (χ3v) is 3.53. The largest absolute Gasteiger partial charge is 0.419 e. The second kappa shape index (κ2) is 6.15. The molecule has 1 heterocycles. The van der Waals surface area contributed by atoms with Crippen molar-refractivity contribution in [3.05, 3.63) is 34.1 Å². The standard InChI is InChI=1S/C13H13BrF3N3O/c1-3-18-7(2)11-19-20-12(21-11)8-4-5-10(14)9(6-8)13(15,16)17/h4-7,18H,3H2,1-2H3. The van der Waals surface area contributed by atoms with E-state index in [-0.39, 0.29) is 22.0 Å². The molecule has 1 aromatic heterocycles. The molecule has 1 N–H and O–H groups in total. The fraction of sp³-hybridized carbons (Fsp3) is 0.385. The molecule has 0 aliphatic heterocycles. The first kappa shape index (κ1) is 16.0. The quantitative estimate of drug-likeness (QED) is 0.884. The van der Waals surface area contributed by atoms with Gasteiger partial charge >= 0.3 is 6.18 Å². The normalized spacial score (nSPS) is 13.4. The number of nitrogens with zero attached hydrogens (tertiary/aromatic N) is 2. The van der Waals surface area contributed by atoms with Crippen molar-refractivity contribution in [2.45, 2.75) is 26.1 Å². The van der Waals surface area contributed by atoms with Gasteiger partial charge in [0, 0.05) is 10.0 Å². The fourth-order valence-electron chi connectivity index (χ4n) is 1.80. The third kappa shape index (κ3) is 3.62. The summed E-state index contributed by atoms with van der Waals surface area (Å²) in [6.45, 7) is 4.48. The Morgan fingerprint density at radius 2 is 2.05 bits per heavy atom. The lowest BCUT2D eigenvalue weighted by Crippen LogP contribution is -2.17. The fourth-order valence-corrected chi connectivity index (χ4v) is 2.27. The molecular formula is C13H13BrF3N3O. The van der Waals surface area contributed by atoms with E-state index in [0.29, 0.717) is 5.89 Å². The van der Waals surface area contributed by atoms with Gasteiger partial charge < -0.3 is 9.73 Å². The van der Waals surface area contributed by atoms with E-state index < -0.39 is 11.7 Å². The van der Waals surface area contributed by atoms with Crippen LogP contribution in [0.2, 0.25) is 0 Å². The minimum atomic E-state index is -4.45. The van der Waals surface area contributed by atoms with E-state index in [4.69, 9.17) is 4.42 Å². The predicted octanol–water partition coefficient (Wildman–Crippen LogP) is 4.19. The highest BCUT2D eigenvalue weighted by atomic mass is 79.9. The van der Waals surface area contributed by atoms with Crippen molar-refractivity contribution < 1.29 is 17.6 Å². The van der Waals surface area contributed by atoms with Gasteiger partial charge in [-0.1, -0.05) is 22.9 Å². The summed E-state index contributed by atoms with van der Waals surface area (Å²) < 4.78 is 44.0. The van der Waals surface area contributed by atoms with Gasteiger partial charge in [-0.2, -0.15) is 13.2 Å². The summed E-state index contributed by atoms with van der Waals surface area (Å²) in [7, 11) is 0. The van der Waals surface area contributed by atoms with Crippen LogP contribution < -0.4 is 5.32 Å². The maximum absolute atomic E-state index is 12.9. The van der Waals surface area contributed by atoms with E-state index in [0.717, 1.165) is 12.6 Å². The van der Waals surface area contributed by atoms with Crippen LogP contribution in [0.15, 0.2) is 27.1 Å². The lowest BCUT2D eigenvalue weighted by atomic mass is 10.1. The minimum absolute atomic E-state index is 0.0282. The molecule has 2 rings (SSSR count). The molecule has 0 radical (unpaired) electrons. The molecule has 0 aliphatic rings. The molecule has 0 fully saturated rings. The maximum Gasteiger partial charge on any atom is 0.417 e. The van der Waals surface area contributed by atoms with Crippen LogP contribution >= 0.6 is 15.9 Å². The Balaban J connectivity index is 2.35. The van der Waals surface area contributed by atoms with Gasteiger partial charge in [-0.05, 0) is 31.7 Å². The summed E-state index contributed by atoms with van der Waals surface area (Å²) in [5.74, 6) is 0.399. The van der Waals surface area contributed by atoms with Gasteiger partial charge in [-0.3, -0.25) is 0 Å². The highest BCUT2D eigenvalue weighted by Gasteiger charge is 2.33. The van der Waals surface area contributed by atoms with Gasteiger partial charge in [0.1, 0.15) is 0 Å². The second-order valence-corrected chi connectivity index (χ2v) is 5.27. The molecule has 0 spiro atoms. The van der Waals surface area contributed by atoms with E-state index in [1.54, 1.807) is 0 Å². The number of rotatable bonds is 4. The number of aromatic nitrogens is 2. The monoisotopic (exact) mass is 363 g/mol. The molecule has 0 saturated heterocycles. The molecule has 8 heteroatoms. The minimum Gasteiger partial charge on any atom is -0.419 e. The van der Waals surface area contributed by atoms with Crippen molar-refractivity contribution in [2.24, 2.45) is 0 Å². The first-order chi connectivity index (χ1) is 9.82. The summed E-state index contributed by atoms with van der Waals surface area (Å²) in [6, 6.07) is 3.64. The molecule has 0 amide bonds. The van der Waals surface area contributed by atoms with Gasteiger partial charge in [-0.15, -0.1) is 10.2 Å². The zero-order chi connectivity index (χ0) is 15.6. The molecular weight excluding hydrogens is 351 g/mol. The topological polar surface area (TPSA) is 51.0 Å². The maximum atomic E-state index is 12.9. The van der Waals surface area contributed by atoms with Crippen LogP contribution in [0.4, 0.5) is 13.2 Å². The van der Waals surface area contributed by atoms with Gasteiger partial charge in [0.15, 0.2) is 0 Å². The number of halogens is 4. The summed E-state index contributed by atoms with van der Waals surface area (Å²) in [5, 5.41) is 10.7.